The normalized spacial score (nSPS) is 23.7. The van der Waals surface area contributed by atoms with Gasteiger partial charge in [-0.3, -0.25) is 0 Å². The van der Waals surface area contributed by atoms with Crippen molar-refractivity contribution < 1.29 is 9.47 Å². The zero-order chi connectivity index (χ0) is 17.8. The van der Waals surface area contributed by atoms with Gasteiger partial charge in [0.25, 0.3) is 0 Å². The number of ether oxygens (including phenoxy) is 2. The van der Waals surface area contributed by atoms with E-state index in [2.05, 4.69) is 15.2 Å². The van der Waals surface area contributed by atoms with E-state index < -0.39 is 0 Å². The molecule has 0 spiro atoms. The van der Waals surface area contributed by atoms with Gasteiger partial charge in [0, 0.05) is 29.9 Å². The van der Waals surface area contributed by atoms with Crippen LogP contribution in [0.5, 0.6) is 0 Å². The van der Waals surface area contributed by atoms with Crippen molar-refractivity contribution in [2.75, 3.05) is 43.1 Å². The van der Waals surface area contributed by atoms with Crippen LogP contribution < -0.4 is 10.2 Å². The van der Waals surface area contributed by atoms with Gasteiger partial charge in [0.05, 0.1) is 25.8 Å². The fourth-order valence-electron chi connectivity index (χ4n) is 3.40. The minimum absolute atomic E-state index is 0.0793. The third kappa shape index (κ3) is 4.09. The highest BCUT2D eigenvalue weighted by Gasteiger charge is 2.25. The summed E-state index contributed by atoms with van der Waals surface area (Å²) in [5.41, 5.74) is 1.01. The first kappa shape index (κ1) is 17.5. The number of nitrogens with zero attached hydrogens (tertiary/aromatic N) is 3. The smallest absolute Gasteiger partial charge is 0.227 e. The maximum atomic E-state index is 6.33. The van der Waals surface area contributed by atoms with Gasteiger partial charge in [0.1, 0.15) is 11.9 Å². The predicted molar refractivity (Wildman–Crippen MR) is 102 cm³/mol. The van der Waals surface area contributed by atoms with E-state index in [0.717, 1.165) is 49.0 Å². The Bertz CT molecular complexity index is 739. The Hall–Kier alpha value is -1.89. The largest absolute Gasteiger partial charge is 0.379 e. The molecule has 1 aromatic carbocycles. The summed E-state index contributed by atoms with van der Waals surface area (Å²) in [5.74, 6) is 1.55. The summed E-state index contributed by atoms with van der Waals surface area (Å²) in [5, 5.41) is 4.19. The molecular formula is C19H23ClN4O2. The molecule has 2 unspecified atom stereocenters. The quantitative estimate of drug-likeness (QED) is 0.886. The number of hydrogen-bond acceptors (Lipinski definition) is 6. The number of aromatic nitrogens is 2. The number of morpholine rings is 1. The van der Waals surface area contributed by atoms with Crippen molar-refractivity contribution in [1.29, 1.82) is 0 Å². The Morgan fingerprint density at radius 3 is 2.96 bits per heavy atom. The molecule has 0 amide bonds. The molecule has 1 aromatic heterocycles. The first-order chi connectivity index (χ1) is 12.8. The lowest BCUT2D eigenvalue weighted by Crippen LogP contribution is -2.39. The summed E-state index contributed by atoms with van der Waals surface area (Å²) in [4.78, 5) is 11.3. The second-order valence-electron chi connectivity index (χ2n) is 6.63. The van der Waals surface area contributed by atoms with E-state index >= 15 is 0 Å². The van der Waals surface area contributed by atoms with Gasteiger partial charge in [-0.25, -0.2) is 4.98 Å². The molecule has 26 heavy (non-hydrogen) atoms. The lowest BCUT2D eigenvalue weighted by molar-refractivity contribution is 0.0393. The molecule has 4 rings (SSSR count). The monoisotopic (exact) mass is 374 g/mol. The Labute approximate surface area is 158 Å². The van der Waals surface area contributed by atoms with Crippen LogP contribution in [-0.4, -0.2) is 48.9 Å². The van der Waals surface area contributed by atoms with Crippen LogP contribution in [0.4, 0.5) is 11.8 Å². The first-order valence-electron chi connectivity index (χ1n) is 9.08. The van der Waals surface area contributed by atoms with Crippen molar-refractivity contribution in [1.82, 2.24) is 9.97 Å². The van der Waals surface area contributed by atoms with E-state index in [4.69, 9.17) is 26.1 Å². The number of rotatable bonds is 4. The molecule has 0 bridgehead atoms. The van der Waals surface area contributed by atoms with Crippen LogP contribution in [-0.2, 0) is 9.47 Å². The average Bonchev–Trinajstić information content (AvgIpc) is 2.69. The molecular weight excluding hydrogens is 352 g/mol. The Kier molecular flexibility index (Phi) is 5.53. The molecule has 2 atom stereocenters. The molecule has 6 nitrogen and oxygen atoms in total. The standard InChI is InChI=1S/C19H23ClN4O2/c20-16-6-2-1-5-15(16)17-12-24(9-11-26-17)19-21-8-7-18(23-19)22-14-4-3-10-25-13-14/h1-2,5-8,14,17H,3-4,9-13H2,(H,21,22,23). The van der Waals surface area contributed by atoms with Crippen LogP contribution in [0, 0.1) is 0 Å². The van der Waals surface area contributed by atoms with Crippen molar-refractivity contribution in [3.63, 3.8) is 0 Å². The van der Waals surface area contributed by atoms with Gasteiger partial charge >= 0.3 is 0 Å². The third-order valence-electron chi connectivity index (χ3n) is 4.76. The van der Waals surface area contributed by atoms with Crippen LogP contribution in [0.1, 0.15) is 24.5 Å². The fraction of sp³-hybridized carbons (Fsp3) is 0.474. The topological polar surface area (TPSA) is 59.5 Å². The molecule has 2 saturated heterocycles. The number of halogens is 1. The highest BCUT2D eigenvalue weighted by atomic mass is 35.5. The van der Waals surface area contributed by atoms with Gasteiger partial charge in [-0.15, -0.1) is 0 Å². The summed E-state index contributed by atoms with van der Waals surface area (Å²) < 4.78 is 11.5. The summed E-state index contributed by atoms with van der Waals surface area (Å²) in [6.07, 6.45) is 3.91. The molecule has 0 radical (unpaired) electrons. The highest BCUT2D eigenvalue weighted by molar-refractivity contribution is 6.31. The SMILES string of the molecule is Clc1ccccc1C1CN(c2nccc(NC3CCCOC3)n2)CCO1. The number of hydrogen-bond donors (Lipinski definition) is 1. The maximum Gasteiger partial charge on any atom is 0.227 e. The van der Waals surface area contributed by atoms with E-state index in [0.29, 0.717) is 25.1 Å². The van der Waals surface area contributed by atoms with Gasteiger partial charge in [-0.05, 0) is 25.0 Å². The van der Waals surface area contributed by atoms with Crippen molar-refractivity contribution in [3.8, 4) is 0 Å². The highest BCUT2D eigenvalue weighted by Crippen LogP contribution is 2.29. The van der Waals surface area contributed by atoms with Crippen LogP contribution >= 0.6 is 11.6 Å². The van der Waals surface area contributed by atoms with Crippen LogP contribution in [0.15, 0.2) is 36.5 Å². The fourth-order valence-corrected chi connectivity index (χ4v) is 3.66. The number of benzene rings is 1. The van der Waals surface area contributed by atoms with E-state index in [-0.39, 0.29) is 6.10 Å². The first-order valence-corrected chi connectivity index (χ1v) is 9.46. The summed E-state index contributed by atoms with van der Waals surface area (Å²) in [7, 11) is 0. The van der Waals surface area contributed by atoms with Crippen molar-refractivity contribution in [3.05, 3.63) is 47.1 Å². The van der Waals surface area contributed by atoms with E-state index in [9.17, 15) is 0 Å². The number of nitrogens with one attached hydrogen (secondary N) is 1. The van der Waals surface area contributed by atoms with Gasteiger partial charge in [0.15, 0.2) is 0 Å². The summed E-state index contributed by atoms with van der Waals surface area (Å²) in [6, 6.07) is 10.0. The van der Waals surface area contributed by atoms with Crippen LogP contribution in [0.25, 0.3) is 0 Å². The maximum absolute atomic E-state index is 6.33. The molecule has 1 N–H and O–H groups in total. The zero-order valence-corrected chi connectivity index (χ0v) is 15.4. The van der Waals surface area contributed by atoms with Gasteiger partial charge < -0.3 is 19.7 Å². The molecule has 7 heteroatoms. The lowest BCUT2D eigenvalue weighted by Gasteiger charge is -2.33. The molecule has 2 aliphatic heterocycles. The van der Waals surface area contributed by atoms with E-state index in [1.807, 2.05) is 30.3 Å². The molecule has 2 aromatic rings. The minimum Gasteiger partial charge on any atom is -0.379 e. The second kappa shape index (κ2) is 8.20. The predicted octanol–water partition coefficient (Wildman–Crippen LogP) is 3.30. The summed E-state index contributed by atoms with van der Waals surface area (Å²) in [6.45, 7) is 3.64. The Morgan fingerprint density at radius 1 is 1.19 bits per heavy atom. The van der Waals surface area contributed by atoms with Crippen LogP contribution in [0.3, 0.4) is 0 Å². The van der Waals surface area contributed by atoms with Gasteiger partial charge in [-0.2, -0.15) is 4.98 Å². The molecule has 0 aliphatic carbocycles. The molecule has 138 valence electrons. The average molecular weight is 375 g/mol. The third-order valence-corrected chi connectivity index (χ3v) is 5.10. The zero-order valence-electron chi connectivity index (χ0n) is 14.6. The molecule has 2 fully saturated rings. The lowest BCUT2D eigenvalue weighted by atomic mass is 10.1. The molecule has 2 aliphatic rings. The minimum atomic E-state index is -0.0793. The summed E-state index contributed by atoms with van der Waals surface area (Å²) >= 11 is 6.33. The van der Waals surface area contributed by atoms with Crippen molar-refractivity contribution >= 4 is 23.4 Å². The molecule has 0 saturated carbocycles. The van der Waals surface area contributed by atoms with Crippen molar-refractivity contribution in [2.24, 2.45) is 0 Å². The molecule has 3 heterocycles. The Balaban J connectivity index is 1.46. The van der Waals surface area contributed by atoms with E-state index in [1.165, 1.54) is 0 Å². The second-order valence-corrected chi connectivity index (χ2v) is 7.03. The number of anilines is 2. The van der Waals surface area contributed by atoms with Gasteiger partial charge in [0.2, 0.25) is 5.95 Å². The van der Waals surface area contributed by atoms with Crippen molar-refractivity contribution in [2.45, 2.75) is 25.0 Å². The van der Waals surface area contributed by atoms with Crippen LogP contribution in [0.2, 0.25) is 5.02 Å². The Morgan fingerprint density at radius 2 is 2.12 bits per heavy atom. The van der Waals surface area contributed by atoms with Gasteiger partial charge in [-0.1, -0.05) is 29.8 Å². The van der Waals surface area contributed by atoms with E-state index in [1.54, 1.807) is 6.20 Å².